The Kier molecular flexibility index (Phi) is 8.56. The number of ether oxygens (including phenoxy) is 2. The van der Waals surface area contributed by atoms with Crippen LogP contribution >= 0.6 is 0 Å². The van der Waals surface area contributed by atoms with Crippen LogP contribution in [0.3, 0.4) is 0 Å². The standard InChI is InChI=1S/C17H26N2O3.C7H8N2O3/c1-11-10-17(2,3)19(7-5-6-16(20)21)14-9-15(22-4)13(18)8-12(11)14;1-12-7-4-5(9(10)11)2-3-6(7)8/h8-9,11H,5-7,10,18H2,1-4H3,(H,20,21);2-4H,8H2,1H3. The summed E-state index contributed by atoms with van der Waals surface area (Å²) in [6, 6.07) is 8.05. The summed E-state index contributed by atoms with van der Waals surface area (Å²) in [5.41, 5.74) is 14.8. The van der Waals surface area contributed by atoms with E-state index in [-0.39, 0.29) is 17.6 Å². The lowest BCUT2D eigenvalue weighted by atomic mass is 9.79. The number of carbonyl (C=O) groups is 1. The van der Waals surface area contributed by atoms with Gasteiger partial charge in [0.1, 0.15) is 11.5 Å². The number of nitrogens with zero attached hydrogens (tertiary/aromatic N) is 2. The van der Waals surface area contributed by atoms with Crippen molar-refractivity contribution in [3.05, 3.63) is 46.0 Å². The fourth-order valence-electron chi connectivity index (χ4n) is 4.33. The van der Waals surface area contributed by atoms with Gasteiger partial charge in [-0.2, -0.15) is 0 Å². The molecule has 0 saturated heterocycles. The first-order valence-corrected chi connectivity index (χ1v) is 11.0. The minimum absolute atomic E-state index is 0.0218. The molecule has 2 aromatic carbocycles. The van der Waals surface area contributed by atoms with E-state index in [1.807, 2.05) is 12.1 Å². The van der Waals surface area contributed by atoms with Crippen molar-refractivity contribution in [3.8, 4) is 11.5 Å². The van der Waals surface area contributed by atoms with E-state index in [2.05, 4.69) is 25.7 Å². The summed E-state index contributed by atoms with van der Waals surface area (Å²) in [7, 11) is 3.03. The summed E-state index contributed by atoms with van der Waals surface area (Å²) in [5, 5.41) is 19.2. The fraction of sp³-hybridized carbons (Fsp3) is 0.458. The van der Waals surface area contributed by atoms with Crippen LogP contribution in [-0.2, 0) is 4.79 Å². The average molecular weight is 475 g/mol. The maximum Gasteiger partial charge on any atom is 0.303 e. The molecule has 0 fully saturated rings. The van der Waals surface area contributed by atoms with E-state index in [1.54, 1.807) is 7.11 Å². The van der Waals surface area contributed by atoms with Crippen LogP contribution in [-0.4, -0.2) is 42.3 Å². The second-order valence-electron chi connectivity index (χ2n) is 8.90. The highest BCUT2D eigenvalue weighted by Crippen LogP contribution is 2.46. The monoisotopic (exact) mass is 474 g/mol. The van der Waals surface area contributed by atoms with Gasteiger partial charge in [-0.25, -0.2) is 0 Å². The number of nitro groups is 1. The van der Waals surface area contributed by atoms with Crippen LogP contribution in [0.1, 0.15) is 51.5 Å². The number of non-ortho nitro benzene ring substituents is 1. The number of benzene rings is 2. The van der Waals surface area contributed by atoms with E-state index in [9.17, 15) is 14.9 Å². The maximum atomic E-state index is 10.8. The Bertz CT molecular complexity index is 1040. The van der Waals surface area contributed by atoms with Gasteiger partial charge in [0.25, 0.3) is 5.69 Å². The first kappa shape index (κ1) is 26.6. The Morgan fingerprint density at radius 3 is 2.35 bits per heavy atom. The summed E-state index contributed by atoms with van der Waals surface area (Å²) >= 11 is 0. The predicted octanol–water partition coefficient (Wildman–Crippen LogP) is 4.42. The van der Waals surface area contributed by atoms with Gasteiger partial charge in [-0.1, -0.05) is 6.92 Å². The summed E-state index contributed by atoms with van der Waals surface area (Å²) in [6.45, 7) is 7.33. The number of carboxylic acid groups (broad SMARTS) is 1. The van der Waals surface area contributed by atoms with Crippen molar-refractivity contribution >= 4 is 28.7 Å². The molecule has 0 aromatic heterocycles. The van der Waals surface area contributed by atoms with E-state index >= 15 is 0 Å². The molecule has 5 N–H and O–H groups in total. The molecule has 3 rings (SSSR count). The molecule has 1 aliphatic heterocycles. The lowest BCUT2D eigenvalue weighted by Gasteiger charge is -2.48. The molecule has 2 aromatic rings. The number of methoxy groups -OCH3 is 2. The van der Waals surface area contributed by atoms with Crippen LogP contribution in [0, 0.1) is 10.1 Å². The van der Waals surface area contributed by atoms with Gasteiger partial charge in [-0.15, -0.1) is 0 Å². The number of aliphatic carboxylic acids is 1. The zero-order chi connectivity index (χ0) is 25.6. The lowest BCUT2D eigenvalue weighted by Crippen LogP contribution is -2.48. The number of hydrogen-bond acceptors (Lipinski definition) is 8. The zero-order valence-electron chi connectivity index (χ0n) is 20.3. The normalized spacial score (nSPS) is 16.0. The summed E-state index contributed by atoms with van der Waals surface area (Å²) in [4.78, 5) is 22.9. The van der Waals surface area contributed by atoms with Gasteiger partial charge in [0.15, 0.2) is 0 Å². The van der Waals surface area contributed by atoms with Crippen molar-refractivity contribution in [2.24, 2.45) is 0 Å². The highest BCUT2D eigenvalue weighted by molar-refractivity contribution is 5.70. The van der Waals surface area contributed by atoms with Crippen molar-refractivity contribution < 1.29 is 24.3 Å². The molecule has 34 heavy (non-hydrogen) atoms. The number of rotatable bonds is 7. The van der Waals surface area contributed by atoms with Crippen molar-refractivity contribution in [2.75, 3.05) is 37.1 Å². The van der Waals surface area contributed by atoms with E-state index in [0.717, 1.165) is 12.1 Å². The molecular weight excluding hydrogens is 440 g/mol. The molecule has 1 atom stereocenters. The van der Waals surface area contributed by atoms with Crippen molar-refractivity contribution in [3.63, 3.8) is 0 Å². The summed E-state index contributed by atoms with van der Waals surface area (Å²) < 4.78 is 10.2. The Morgan fingerprint density at radius 1 is 1.18 bits per heavy atom. The molecule has 0 radical (unpaired) electrons. The first-order chi connectivity index (χ1) is 15.9. The van der Waals surface area contributed by atoms with Gasteiger partial charge in [0.05, 0.1) is 36.6 Å². The Labute approximate surface area is 199 Å². The van der Waals surface area contributed by atoms with Crippen LogP contribution in [0.25, 0.3) is 0 Å². The molecule has 1 unspecified atom stereocenters. The molecule has 186 valence electrons. The second-order valence-corrected chi connectivity index (χ2v) is 8.90. The fourth-order valence-corrected chi connectivity index (χ4v) is 4.33. The zero-order valence-corrected chi connectivity index (χ0v) is 20.3. The molecule has 0 bridgehead atoms. The molecule has 1 aliphatic rings. The summed E-state index contributed by atoms with van der Waals surface area (Å²) in [5.74, 6) is 0.656. The van der Waals surface area contributed by atoms with Gasteiger partial charge < -0.3 is 30.9 Å². The van der Waals surface area contributed by atoms with Crippen molar-refractivity contribution in [2.45, 2.75) is 51.5 Å². The Morgan fingerprint density at radius 2 is 1.79 bits per heavy atom. The highest BCUT2D eigenvalue weighted by Gasteiger charge is 2.36. The number of anilines is 3. The molecule has 0 aliphatic carbocycles. The maximum absolute atomic E-state index is 10.8. The topological polar surface area (TPSA) is 154 Å². The third-order valence-electron chi connectivity index (χ3n) is 5.94. The molecule has 1 heterocycles. The van der Waals surface area contributed by atoms with E-state index in [4.69, 9.17) is 26.0 Å². The van der Waals surface area contributed by atoms with Gasteiger partial charge >= 0.3 is 5.97 Å². The minimum atomic E-state index is -0.752. The number of carboxylic acids is 1. The average Bonchev–Trinajstić information content (AvgIpc) is 2.76. The third kappa shape index (κ3) is 6.21. The summed E-state index contributed by atoms with van der Waals surface area (Å²) in [6.07, 6.45) is 1.82. The predicted molar refractivity (Wildman–Crippen MR) is 133 cm³/mol. The van der Waals surface area contributed by atoms with Gasteiger partial charge in [-0.3, -0.25) is 14.9 Å². The van der Waals surface area contributed by atoms with Crippen LogP contribution in [0.2, 0.25) is 0 Å². The van der Waals surface area contributed by atoms with Crippen LogP contribution in [0.5, 0.6) is 11.5 Å². The molecule has 10 heteroatoms. The number of nitro benzene ring substituents is 1. The number of nitrogen functional groups attached to an aromatic ring is 2. The largest absolute Gasteiger partial charge is 0.495 e. The second kappa shape index (κ2) is 11.0. The van der Waals surface area contributed by atoms with Crippen LogP contribution in [0.4, 0.5) is 22.7 Å². The quantitative estimate of drug-likeness (QED) is 0.300. The SMILES string of the molecule is COc1cc([N+](=O)[O-])ccc1N.COc1cc2c(cc1N)C(C)CC(C)(C)N2CCCC(=O)O. The first-order valence-electron chi connectivity index (χ1n) is 11.0. The van der Waals surface area contributed by atoms with E-state index in [0.29, 0.717) is 41.8 Å². The van der Waals surface area contributed by atoms with Crippen molar-refractivity contribution in [1.29, 1.82) is 0 Å². The van der Waals surface area contributed by atoms with Crippen molar-refractivity contribution in [1.82, 2.24) is 0 Å². The number of nitrogens with two attached hydrogens (primary N) is 2. The number of hydrogen-bond donors (Lipinski definition) is 3. The lowest BCUT2D eigenvalue weighted by molar-refractivity contribution is -0.384. The highest BCUT2D eigenvalue weighted by atomic mass is 16.6. The van der Waals surface area contributed by atoms with Gasteiger partial charge in [-0.05, 0) is 50.3 Å². The number of fused-ring (bicyclic) bond motifs is 1. The smallest absolute Gasteiger partial charge is 0.303 e. The molecule has 0 amide bonds. The minimum Gasteiger partial charge on any atom is -0.495 e. The van der Waals surface area contributed by atoms with E-state index < -0.39 is 10.9 Å². The van der Waals surface area contributed by atoms with Crippen LogP contribution in [0.15, 0.2) is 30.3 Å². The van der Waals surface area contributed by atoms with Crippen LogP contribution < -0.4 is 25.8 Å². The molecule has 0 saturated carbocycles. The van der Waals surface area contributed by atoms with Gasteiger partial charge in [0.2, 0.25) is 0 Å². The Hall–Kier alpha value is -3.69. The molecule has 10 nitrogen and oxygen atoms in total. The Balaban J connectivity index is 0.000000287. The van der Waals surface area contributed by atoms with E-state index in [1.165, 1.54) is 30.9 Å². The van der Waals surface area contributed by atoms with Gasteiger partial charge in [0, 0.05) is 36.3 Å². The molecule has 0 spiro atoms. The molecular formula is C24H34N4O6. The third-order valence-corrected chi connectivity index (χ3v) is 5.94.